The Bertz CT molecular complexity index is 1130. The molecule has 2 fully saturated rings. The first-order valence-electron chi connectivity index (χ1n) is 11.6. The molecule has 0 bridgehead atoms. The van der Waals surface area contributed by atoms with Crippen molar-refractivity contribution in [3.8, 4) is 0 Å². The first kappa shape index (κ1) is 21.8. The summed E-state index contributed by atoms with van der Waals surface area (Å²) >= 11 is 1.60. The zero-order valence-corrected chi connectivity index (χ0v) is 20.0. The van der Waals surface area contributed by atoms with Crippen LogP contribution in [0, 0.1) is 19.8 Å². The van der Waals surface area contributed by atoms with E-state index in [1.54, 1.807) is 17.5 Å². The standard InChI is InChI=1S/C25H29N5O2S/c1-17-13-18(2)15-20(14-17)24(32)30-8-4-5-19(16-30)23(31)28-9-11-29(12-10-28)25-27-21-6-3-7-26-22(21)33-25/h3,6-7,13-15,19H,4-5,8-12,16H2,1-2H3. The van der Waals surface area contributed by atoms with Crippen LogP contribution in [0.25, 0.3) is 10.3 Å². The normalized spacial score (nSPS) is 19.2. The van der Waals surface area contributed by atoms with Crippen LogP contribution in [0.4, 0.5) is 5.13 Å². The minimum atomic E-state index is -0.119. The predicted molar refractivity (Wildman–Crippen MR) is 131 cm³/mol. The van der Waals surface area contributed by atoms with Gasteiger partial charge in [-0.15, -0.1) is 0 Å². The van der Waals surface area contributed by atoms with Crippen LogP contribution in [0.15, 0.2) is 36.5 Å². The number of likely N-dealkylation sites (tertiary alicyclic amines) is 1. The number of hydrogen-bond donors (Lipinski definition) is 0. The van der Waals surface area contributed by atoms with Gasteiger partial charge < -0.3 is 14.7 Å². The summed E-state index contributed by atoms with van der Waals surface area (Å²) in [6.07, 6.45) is 3.50. The number of amides is 2. The van der Waals surface area contributed by atoms with Gasteiger partial charge in [-0.3, -0.25) is 9.59 Å². The molecular weight excluding hydrogens is 434 g/mol. The molecule has 2 aliphatic rings. The van der Waals surface area contributed by atoms with Crippen LogP contribution in [0.5, 0.6) is 0 Å². The maximum Gasteiger partial charge on any atom is 0.253 e. The molecule has 7 nitrogen and oxygen atoms in total. The molecule has 3 aromatic rings. The lowest BCUT2D eigenvalue weighted by Crippen LogP contribution is -2.53. The molecule has 1 unspecified atom stereocenters. The monoisotopic (exact) mass is 463 g/mol. The molecule has 2 amide bonds. The van der Waals surface area contributed by atoms with Gasteiger partial charge in [-0.2, -0.15) is 0 Å². The van der Waals surface area contributed by atoms with Crippen LogP contribution in [-0.2, 0) is 4.79 Å². The molecule has 0 N–H and O–H groups in total. The Hall–Kier alpha value is -3.00. The number of hydrogen-bond acceptors (Lipinski definition) is 6. The Morgan fingerprint density at radius 3 is 2.48 bits per heavy atom. The van der Waals surface area contributed by atoms with E-state index in [4.69, 9.17) is 4.98 Å². The van der Waals surface area contributed by atoms with Gasteiger partial charge in [-0.05, 0) is 51.0 Å². The van der Waals surface area contributed by atoms with E-state index >= 15 is 0 Å². The fourth-order valence-electron chi connectivity index (χ4n) is 4.91. The van der Waals surface area contributed by atoms with Crippen LogP contribution in [0.3, 0.4) is 0 Å². The van der Waals surface area contributed by atoms with Crippen LogP contribution in [-0.4, -0.2) is 70.9 Å². The fraction of sp³-hybridized carbons (Fsp3) is 0.440. The van der Waals surface area contributed by atoms with Crippen molar-refractivity contribution >= 4 is 38.6 Å². The van der Waals surface area contributed by atoms with Gasteiger partial charge in [0, 0.05) is 51.0 Å². The van der Waals surface area contributed by atoms with E-state index in [0.29, 0.717) is 19.6 Å². The molecule has 5 rings (SSSR count). The van der Waals surface area contributed by atoms with E-state index in [1.165, 1.54) is 0 Å². The van der Waals surface area contributed by atoms with Crippen LogP contribution in [0.2, 0.25) is 0 Å². The summed E-state index contributed by atoms with van der Waals surface area (Å²) in [5, 5.41) is 0.971. The molecule has 2 aliphatic heterocycles. The van der Waals surface area contributed by atoms with Crippen LogP contribution < -0.4 is 4.90 Å². The Morgan fingerprint density at radius 1 is 1.00 bits per heavy atom. The number of nitrogens with zero attached hydrogens (tertiary/aromatic N) is 5. The van der Waals surface area contributed by atoms with Crippen molar-refractivity contribution in [1.29, 1.82) is 0 Å². The van der Waals surface area contributed by atoms with E-state index in [-0.39, 0.29) is 17.7 Å². The molecule has 8 heteroatoms. The Balaban J connectivity index is 1.20. The third-order valence-corrected chi connectivity index (χ3v) is 7.58. The number of anilines is 1. The zero-order valence-electron chi connectivity index (χ0n) is 19.2. The van der Waals surface area contributed by atoms with Gasteiger partial charge in [0.05, 0.1) is 5.92 Å². The SMILES string of the molecule is Cc1cc(C)cc(C(=O)N2CCCC(C(=O)N3CCN(c4nc5cccnc5s4)CC3)C2)c1. The summed E-state index contributed by atoms with van der Waals surface area (Å²) in [4.78, 5) is 42.5. The smallest absolute Gasteiger partial charge is 0.253 e. The highest BCUT2D eigenvalue weighted by molar-refractivity contribution is 7.21. The number of thiazole rings is 1. The predicted octanol–water partition coefficient (Wildman–Crippen LogP) is 3.51. The topological polar surface area (TPSA) is 69.6 Å². The largest absolute Gasteiger partial charge is 0.344 e. The van der Waals surface area contributed by atoms with Crippen molar-refractivity contribution in [2.75, 3.05) is 44.2 Å². The lowest BCUT2D eigenvalue weighted by atomic mass is 9.95. The molecule has 0 aliphatic carbocycles. The second kappa shape index (κ2) is 9.09. The minimum absolute atomic E-state index is 0.0357. The van der Waals surface area contributed by atoms with E-state index in [9.17, 15) is 9.59 Å². The molecule has 1 aromatic carbocycles. The lowest BCUT2D eigenvalue weighted by molar-refractivity contribution is -0.137. The number of aryl methyl sites for hydroxylation is 2. The first-order valence-corrected chi connectivity index (χ1v) is 12.4. The molecule has 4 heterocycles. The number of benzene rings is 1. The van der Waals surface area contributed by atoms with Gasteiger partial charge in [-0.1, -0.05) is 28.5 Å². The summed E-state index contributed by atoms with van der Waals surface area (Å²) in [5.74, 6) is 0.0962. The molecule has 0 radical (unpaired) electrons. The first-order chi connectivity index (χ1) is 16.0. The number of aromatic nitrogens is 2. The summed E-state index contributed by atoms with van der Waals surface area (Å²) in [6.45, 7) is 8.15. The number of piperazine rings is 1. The number of carbonyl (C=O) groups is 2. The van der Waals surface area contributed by atoms with Gasteiger partial charge in [-0.25, -0.2) is 9.97 Å². The van der Waals surface area contributed by atoms with Crippen molar-refractivity contribution in [3.63, 3.8) is 0 Å². The van der Waals surface area contributed by atoms with Gasteiger partial charge in [0.25, 0.3) is 5.91 Å². The molecule has 0 spiro atoms. The van der Waals surface area contributed by atoms with Gasteiger partial charge in [0.2, 0.25) is 5.91 Å². The molecule has 33 heavy (non-hydrogen) atoms. The maximum absolute atomic E-state index is 13.3. The van der Waals surface area contributed by atoms with Crippen molar-refractivity contribution in [3.05, 3.63) is 53.2 Å². The van der Waals surface area contributed by atoms with Gasteiger partial charge in [0.1, 0.15) is 10.3 Å². The second-order valence-corrected chi connectivity index (χ2v) is 10.1. The number of pyridine rings is 1. The fourth-order valence-corrected chi connectivity index (χ4v) is 5.87. The average Bonchev–Trinajstić information content (AvgIpc) is 3.27. The Morgan fingerprint density at radius 2 is 1.76 bits per heavy atom. The Kier molecular flexibility index (Phi) is 6.01. The van der Waals surface area contributed by atoms with Crippen LogP contribution in [0.1, 0.15) is 34.3 Å². The van der Waals surface area contributed by atoms with Crippen molar-refractivity contribution in [2.24, 2.45) is 5.92 Å². The molecule has 2 aromatic heterocycles. The van der Waals surface area contributed by atoms with Crippen LogP contribution >= 0.6 is 11.3 Å². The third kappa shape index (κ3) is 4.57. The maximum atomic E-state index is 13.3. The van der Waals surface area contributed by atoms with E-state index in [1.807, 2.05) is 47.9 Å². The summed E-state index contributed by atoms with van der Waals surface area (Å²) in [6, 6.07) is 9.84. The molecule has 0 saturated carbocycles. The molecular formula is C25H29N5O2S. The van der Waals surface area contributed by atoms with Crippen molar-refractivity contribution in [1.82, 2.24) is 19.8 Å². The quantitative estimate of drug-likeness (QED) is 0.595. The lowest BCUT2D eigenvalue weighted by Gasteiger charge is -2.39. The van der Waals surface area contributed by atoms with E-state index in [2.05, 4.69) is 16.0 Å². The summed E-state index contributed by atoms with van der Waals surface area (Å²) < 4.78 is 0. The number of rotatable bonds is 3. The van der Waals surface area contributed by atoms with Crippen molar-refractivity contribution in [2.45, 2.75) is 26.7 Å². The van der Waals surface area contributed by atoms with E-state index < -0.39 is 0 Å². The highest BCUT2D eigenvalue weighted by atomic mass is 32.1. The summed E-state index contributed by atoms with van der Waals surface area (Å²) in [5.41, 5.74) is 3.82. The van der Waals surface area contributed by atoms with Crippen molar-refractivity contribution < 1.29 is 9.59 Å². The average molecular weight is 464 g/mol. The highest BCUT2D eigenvalue weighted by Crippen LogP contribution is 2.28. The minimum Gasteiger partial charge on any atom is -0.344 e. The van der Waals surface area contributed by atoms with Gasteiger partial charge in [0.15, 0.2) is 5.13 Å². The molecule has 2 saturated heterocycles. The second-order valence-electron chi connectivity index (χ2n) is 9.10. The Labute approximate surface area is 198 Å². The van der Waals surface area contributed by atoms with E-state index in [0.717, 1.165) is 64.6 Å². The molecule has 1 atom stereocenters. The third-order valence-electron chi connectivity index (χ3n) is 6.54. The summed E-state index contributed by atoms with van der Waals surface area (Å²) in [7, 11) is 0. The van der Waals surface area contributed by atoms with Gasteiger partial charge >= 0.3 is 0 Å². The number of carbonyl (C=O) groups excluding carboxylic acids is 2. The highest BCUT2D eigenvalue weighted by Gasteiger charge is 2.33. The zero-order chi connectivity index (χ0) is 22.9. The number of piperidine rings is 1. The molecule has 172 valence electrons. The number of fused-ring (bicyclic) bond motifs is 1.